The van der Waals surface area contributed by atoms with Crippen molar-refractivity contribution in [3.8, 4) is 0 Å². The van der Waals surface area contributed by atoms with Gasteiger partial charge in [-0.2, -0.15) is 0 Å². The lowest BCUT2D eigenvalue weighted by Crippen LogP contribution is -2.51. The van der Waals surface area contributed by atoms with E-state index < -0.39 is 11.4 Å². The number of carboxylic acid groups (broad SMARTS) is 1. The third-order valence-corrected chi connectivity index (χ3v) is 4.48. The number of carbonyl (C=O) groups excluding carboxylic acids is 1. The number of carbonyl (C=O) groups is 2. The summed E-state index contributed by atoms with van der Waals surface area (Å²) in [7, 11) is 1.62. The van der Waals surface area contributed by atoms with Crippen molar-refractivity contribution >= 4 is 12.0 Å². The van der Waals surface area contributed by atoms with Gasteiger partial charge in [0.1, 0.15) is 0 Å². The summed E-state index contributed by atoms with van der Waals surface area (Å²) in [6.07, 6.45) is 1.71. The number of urea groups is 1. The molecule has 0 aromatic carbocycles. The fourth-order valence-electron chi connectivity index (χ4n) is 2.71. The monoisotopic (exact) mass is 300 g/mol. The molecule has 1 rings (SSSR count). The minimum absolute atomic E-state index is 0.00571. The lowest BCUT2D eigenvalue weighted by Gasteiger charge is -2.40. The van der Waals surface area contributed by atoms with Crippen LogP contribution < -0.4 is 0 Å². The van der Waals surface area contributed by atoms with E-state index in [-0.39, 0.29) is 11.9 Å². The van der Waals surface area contributed by atoms with Gasteiger partial charge >= 0.3 is 12.0 Å². The van der Waals surface area contributed by atoms with Crippen molar-refractivity contribution in [2.45, 2.75) is 33.6 Å². The molecule has 0 saturated carbocycles. The molecule has 1 unspecified atom stereocenters. The Morgan fingerprint density at radius 1 is 1.43 bits per heavy atom. The standard InChI is InChI=1S/C15H28N2O4/c1-5-16(9-10-21-4)14(20)17-8-6-7-12(11-17)15(2,3)13(18)19/h12H,5-11H2,1-4H3,(H,18,19). The molecule has 0 aliphatic carbocycles. The zero-order chi connectivity index (χ0) is 16.0. The van der Waals surface area contributed by atoms with Gasteiger partial charge in [-0.25, -0.2) is 4.79 Å². The molecule has 1 aliphatic heterocycles. The highest BCUT2D eigenvalue weighted by molar-refractivity contribution is 5.76. The smallest absolute Gasteiger partial charge is 0.320 e. The van der Waals surface area contributed by atoms with Gasteiger partial charge in [-0.1, -0.05) is 0 Å². The highest BCUT2D eigenvalue weighted by atomic mass is 16.5. The molecule has 1 aliphatic rings. The lowest BCUT2D eigenvalue weighted by atomic mass is 9.74. The van der Waals surface area contributed by atoms with Crippen LogP contribution in [0.1, 0.15) is 33.6 Å². The minimum Gasteiger partial charge on any atom is -0.481 e. The zero-order valence-electron chi connectivity index (χ0n) is 13.6. The second kappa shape index (κ2) is 7.64. The molecule has 0 radical (unpaired) electrons. The topological polar surface area (TPSA) is 70.1 Å². The first-order valence-corrected chi connectivity index (χ1v) is 7.60. The number of likely N-dealkylation sites (N-methyl/N-ethyl adjacent to an activating group) is 1. The van der Waals surface area contributed by atoms with Crippen LogP contribution in [0.15, 0.2) is 0 Å². The van der Waals surface area contributed by atoms with E-state index in [1.54, 1.807) is 30.8 Å². The third-order valence-electron chi connectivity index (χ3n) is 4.48. The number of hydrogen-bond donors (Lipinski definition) is 1. The van der Waals surface area contributed by atoms with E-state index in [4.69, 9.17) is 4.74 Å². The fraction of sp³-hybridized carbons (Fsp3) is 0.867. The summed E-state index contributed by atoms with van der Waals surface area (Å²) >= 11 is 0. The van der Waals surface area contributed by atoms with Gasteiger partial charge in [-0.05, 0) is 39.5 Å². The van der Waals surface area contributed by atoms with Crippen LogP contribution in [0.25, 0.3) is 0 Å². The van der Waals surface area contributed by atoms with Crippen molar-refractivity contribution in [2.75, 3.05) is 39.9 Å². The van der Waals surface area contributed by atoms with Crippen LogP contribution >= 0.6 is 0 Å². The third kappa shape index (κ3) is 4.33. The molecule has 6 heteroatoms. The molecule has 1 saturated heterocycles. The summed E-state index contributed by atoms with van der Waals surface area (Å²) in [5, 5.41) is 9.36. The Bertz CT molecular complexity index is 371. The van der Waals surface area contributed by atoms with Gasteiger partial charge in [0.15, 0.2) is 0 Å². The second-order valence-corrected chi connectivity index (χ2v) is 6.17. The molecular weight excluding hydrogens is 272 g/mol. The predicted octanol–water partition coefficient (Wildman–Crippen LogP) is 1.90. The minimum atomic E-state index is -0.803. The first-order valence-electron chi connectivity index (χ1n) is 7.60. The molecule has 2 amide bonds. The Hall–Kier alpha value is -1.30. The summed E-state index contributed by atoms with van der Waals surface area (Å²) in [6.45, 7) is 8.36. The number of rotatable bonds is 6. The summed E-state index contributed by atoms with van der Waals surface area (Å²) in [4.78, 5) is 27.5. The maximum Gasteiger partial charge on any atom is 0.320 e. The number of carboxylic acids is 1. The Kier molecular flexibility index (Phi) is 6.45. The highest BCUT2D eigenvalue weighted by Crippen LogP contribution is 2.34. The van der Waals surface area contributed by atoms with Crippen molar-refractivity contribution < 1.29 is 19.4 Å². The predicted molar refractivity (Wildman–Crippen MR) is 80.2 cm³/mol. The molecule has 0 aromatic heterocycles. The normalized spacial score (nSPS) is 19.4. The van der Waals surface area contributed by atoms with Crippen LogP contribution in [0, 0.1) is 11.3 Å². The molecule has 1 heterocycles. The Labute approximate surface area is 127 Å². The van der Waals surface area contributed by atoms with Crippen molar-refractivity contribution in [1.29, 1.82) is 0 Å². The van der Waals surface area contributed by atoms with Gasteiger partial charge in [0.2, 0.25) is 0 Å². The quantitative estimate of drug-likeness (QED) is 0.813. The maximum absolute atomic E-state index is 12.5. The van der Waals surface area contributed by atoms with E-state index in [0.717, 1.165) is 12.8 Å². The maximum atomic E-state index is 12.5. The van der Waals surface area contributed by atoms with Crippen LogP contribution in [0.5, 0.6) is 0 Å². The number of nitrogens with zero attached hydrogens (tertiary/aromatic N) is 2. The first kappa shape index (κ1) is 17.8. The van der Waals surface area contributed by atoms with Gasteiger partial charge in [0.25, 0.3) is 0 Å². The Morgan fingerprint density at radius 2 is 2.10 bits per heavy atom. The van der Waals surface area contributed by atoms with Gasteiger partial charge in [0, 0.05) is 33.3 Å². The summed E-state index contributed by atoms with van der Waals surface area (Å²) in [5.41, 5.74) is -0.803. The second-order valence-electron chi connectivity index (χ2n) is 6.17. The average Bonchev–Trinajstić information content (AvgIpc) is 2.47. The van der Waals surface area contributed by atoms with E-state index in [1.165, 1.54) is 0 Å². The van der Waals surface area contributed by atoms with Crippen molar-refractivity contribution in [3.63, 3.8) is 0 Å². The summed E-state index contributed by atoms with van der Waals surface area (Å²) < 4.78 is 5.03. The number of amides is 2. The van der Waals surface area contributed by atoms with Gasteiger partial charge in [-0.15, -0.1) is 0 Å². The number of hydrogen-bond acceptors (Lipinski definition) is 3. The van der Waals surface area contributed by atoms with Crippen LogP contribution in [0.4, 0.5) is 4.79 Å². The van der Waals surface area contributed by atoms with Crippen LogP contribution in [-0.2, 0) is 9.53 Å². The first-order chi connectivity index (χ1) is 9.84. The highest BCUT2D eigenvalue weighted by Gasteiger charge is 2.40. The van der Waals surface area contributed by atoms with Gasteiger partial charge in [0.05, 0.1) is 12.0 Å². The van der Waals surface area contributed by atoms with Crippen LogP contribution in [0.3, 0.4) is 0 Å². The van der Waals surface area contributed by atoms with E-state index in [2.05, 4.69) is 0 Å². The number of aliphatic carboxylic acids is 1. The molecule has 1 atom stereocenters. The molecule has 0 aromatic rings. The molecule has 21 heavy (non-hydrogen) atoms. The van der Waals surface area contributed by atoms with Gasteiger partial charge < -0.3 is 19.6 Å². The summed E-state index contributed by atoms with van der Waals surface area (Å²) in [5.74, 6) is -0.803. The van der Waals surface area contributed by atoms with E-state index in [1.807, 2.05) is 6.92 Å². The lowest BCUT2D eigenvalue weighted by molar-refractivity contribution is -0.151. The van der Waals surface area contributed by atoms with E-state index in [9.17, 15) is 14.7 Å². The molecule has 6 nitrogen and oxygen atoms in total. The van der Waals surface area contributed by atoms with Crippen molar-refractivity contribution in [2.24, 2.45) is 11.3 Å². The molecule has 122 valence electrons. The fourth-order valence-corrected chi connectivity index (χ4v) is 2.71. The molecule has 0 bridgehead atoms. The SMILES string of the molecule is CCN(CCOC)C(=O)N1CCCC(C(C)(C)C(=O)O)C1. The largest absolute Gasteiger partial charge is 0.481 e. The number of likely N-dealkylation sites (tertiary alicyclic amines) is 1. The van der Waals surface area contributed by atoms with Gasteiger partial charge in [-0.3, -0.25) is 4.79 Å². The molecule has 1 N–H and O–H groups in total. The number of piperidine rings is 1. The number of ether oxygens (including phenoxy) is 1. The van der Waals surface area contributed by atoms with Crippen molar-refractivity contribution in [3.05, 3.63) is 0 Å². The average molecular weight is 300 g/mol. The number of methoxy groups -OCH3 is 1. The van der Waals surface area contributed by atoms with E-state index in [0.29, 0.717) is 32.8 Å². The Morgan fingerprint density at radius 3 is 2.62 bits per heavy atom. The molecular formula is C15H28N2O4. The summed E-state index contributed by atoms with van der Waals surface area (Å²) in [6, 6.07) is -0.0135. The van der Waals surface area contributed by atoms with Crippen molar-refractivity contribution in [1.82, 2.24) is 9.80 Å². The molecule has 1 fully saturated rings. The van der Waals surface area contributed by atoms with Crippen LogP contribution in [-0.4, -0.2) is 66.8 Å². The Balaban J connectivity index is 2.71. The van der Waals surface area contributed by atoms with Crippen LogP contribution in [0.2, 0.25) is 0 Å². The van der Waals surface area contributed by atoms with E-state index >= 15 is 0 Å². The molecule has 0 spiro atoms. The zero-order valence-corrected chi connectivity index (χ0v) is 13.6.